The highest BCUT2D eigenvalue weighted by Gasteiger charge is 2.32. The second-order valence-electron chi connectivity index (χ2n) is 7.88. The zero-order valence-corrected chi connectivity index (χ0v) is 18.1. The molecule has 2 fully saturated rings. The minimum absolute atomic E-state index is 0.128. The van der Waals surface area contributed by atoms with Gasteiger partial charge in [0.05, 0.1) is 19.3 Å². The number of likely N-dealkylation sites (N-methyl/N-ethyl adjacent to an activating group) is 1. The number of nitrogens with zero attached hydrogens (tertiary/aromatic N) is 3. The Kier molecular flexibility index (Phi) is 8.58. The van der Waals surface area contributed by atoms with Crippen LogP contribution in [-0.2, 0) is 16.0 Å². The van der Waals surface area contributed by atoms with Gasteiger partial charge in [0, 0.05) is 32.8 Å². The van der Waals surface area contributed by atoms with Crippen molar-refractivity contribution < 1.29 is 14.2 Å². The summed E-state index contributed by atoms with van der Waals surface area (Å²) in [4.78, 5) is 9.31. The van der Waals surface area contributed by atoms with E-state index in [2.05, 4.69) is 34.2 Å². The van der Waals surface area contributed by atoms with Crippen LogP contribution >= 0.6 is 0 Å². The molecule has 1 aromatic carbocycles. The van der Waals surface area contributed by atoms with E-state index in [-0.39, 0.29) is 12.2 Å². The summed E-state index contributed by atoms with van der Waals surface area (Å²) in [7, 11) is 4.09. The molecule has 0 saturated carbocycles. The maximum Gasteiger partial charge on any atom is 0.194 e. The first-order valence-corrected chi connectivity index (χ1v) is 10.8. The second-order valence-corrected chi connectivity index (χ2v) is 7.88. The molecule has 162 valence electrons. The molecule has 2 aliphatic heterocycles. The maximum atomic E-state index is 5.98. The molecule has 0 radical (unpaired) electrons. The molecule has 0 spiro atoms. The van der Waals surface area contributed by atoms with Crippen LogP contribution in [0.4, 0.5) is 0 Å². The van der Waals surface area contributed by atoms with E-state index in [9.17, 15) is 0 Å². The SMILES string of the molecule is CCNC(=NCc1cccc(OCCN(C)C)c1)N1CCOC(C2CCCO2)C1. The molecule has 7 heteroatoms. The van der Waals surface area contributed by atoms with E-state index in [1.165, 1.54) is 0 Å². The summed E-state index contributed by atoms with van der Waals surface area (Å²) in [5, 5.41) is 3.44. The highest BCUT2D eigenvalue weighted by Crippen LogP contribution is 2.21. The Morgan fingerprint density at radius 2 is 2.14 bits per heavy atom. The summed E-state index contributed by atoms with van der Waals surface area (Å²) in [6.07, 6.45) is 2.57. The zero-order valence-electron chi connectivity index (χ0n) is 18.1. The third-order valence-corrected chi connectivity index (χ3v) is 5.22. The summed E-state index contributed by atoms with van der Waals surface area (Å²) in [5.41, 5.74) is 1.15. The lowest BCUT2D eigenvalue weighted by atomic mass is 10.1. The van der Waals surface area contributed by atoms with Gasteiger partial charge < -0.3 is 29.3 Å². The lowest BCUT2D eigenvalue weighted by Gasteiger charge is -2.37. The first kappa shape index (κ1) is 21.9. The highest BCUT2D eigenvalue weighted by atomic mass is 16.5. The molecule has 0 aromatic heterocycles. The van der Waals surface area contributed by atoms with Crippen LogP contribution < -0.4 is 10.1 Å². The van der Waals surface area contributed by atoms with Gasteiger partial charge in [0.2, 0.25) is 0 Å². The Labute approximate surface area is 175 Å². The Bertz CT molecular complexity index is 647. The molecular weight excluding hydrogens is 368 g/mol. The van der Waals surface area contributed by atoms with Crippen molar-refractivity contribution in [3.63, 3.8) is 0 Å². The van der Waals surface area contributed by atoms with E-state index < -0.39 is 0 Å². The first-order valence-electron chi connectivity index (χ1n) is 10.8. The van der Waals surface area contributed by atoms with Crippen molar-refractivity contribution in [2.75, 3.05) is 60.1 Å². The van der Waals surface area contributed by atoms with E-state index in [0.717, 1.165) is 62.9 Å². The minimum Gasteiger partial charge on any atom is -0.492 e. The van der Waals surface area contributed by atoms with Gasteiger partial charge in [0.25, 0.3) is 0 Å². The third-order valence-electron chi connectivity index (χ3n) is 5.22. The van der Waals surface area contributed by atoms with E-state index >= 15 is 0 Å². The van der Waals surface area contributed by atoms with Crippen molar-refractivity contribution in [3.8, 4) is 5.75 Å². The van der Waals surface area contributed by atoms with Gasteiger partial charge in [0.1, 0.15) is 18.5 Å². The summed E-state index contributed by atoms with van der Waals surface area (Å²) in [5.74, 6) is 1.84. The fourth-order valence-corrected chi connectivity index (χ4v) is 3.66. The Morgan fingerprint density at radius 1 is 1.28 bits per heavy atom. The van der Waals surface area contributed by atoms with Crippen LogP contribution in [0.1, 0.15) is 25.3 Å². The fraction of sp³-hybridized carbons (Fsp3) is 0.682. The molecule has 2 unspecified atom stereocenters. The molecule has 0 bridgehead atoms. The number of ether oxygens (including phenoxy) is 3. The lowest BCUT2D eigenvalue weighted by Crippen LogP contribution is -2.53. The van der Waals surface area contributed by atoms with Gasteiger partial charge in [-0.25, -0.2) is 4.99 Å². The summed E-state index contributed by atoms with van der Waals surface area (Å²) >= 11 is 0. The highest BCUT2D eigenvalue weighted by molar-refractivity contribution is 5.80. The van der Waals surface area contributed by atoms with Gasteiger partial charge in [-0.15, -0.1) is 0 Å². The second kappa shape index (κ2) is 11.4. The number of aliphatic imine (C=N–C) groups is 1. The van der Waals surface area contributed by atoms with E-state index in [4.69, 9.17) is 19.2 Å². The molecule has 2 atom stereocenters. The van der Waals surface area contributed by atoms with Gasteiger partial charge >= 0.3 is 0 Å². The molecule has 2 aliphatic rings. The number of hydrogen-bond acceptors (Lipinski definition) is 5. The van der Waals surface area contributed by atoms with Crippen molar-refractivity contribution >= 4 is 5.96 Å². The van der Waals surface area contributed by atoms with Crippen LogP contribution in [-0.4, -0.2) is 88.1 Å². The van der Waals surface area contributed by atoms with Gasteiger partial charge in [-0.3, -0.25) is 0 Å². The Morgan fingerprint density at radius 3 is 2.90 bits per heavy atom. The van der Waals surface area contributed by atoms with Crippen LogP contribution in [0.25, 0.3) is 0 Å². The van der Waals surface area contributed by atoms with Crippen LogP contribution in [0.2, 0.25) is 0 Å². The molecule has 1 N–H and O–H groups in total. The number of rotatable bonds is 8. The van der Waals surface area contributed by atoms with E-state index in [1.54, 1.807) is 0 Å². The van der Waals surface area contributed by atoms with E-state index in [0.29, 0.717) is 19.8 Å². The average Bonchev–Trinajstić information content (AvgIpc) is 3.26. The molecule has 3 rings (SSSR count). The predicted molar refractivity (Wildman–Crippen MR) is 116 cm³/mol. The normalized spacial score (nSPS) is 22.9. The molecule has 2 heterocycles. The molecule has 7 nitrogen and oxygen atoms in total. The molecule has 0 amide bonds. The lowest BCUT2D eigenvalue weighted by molar-refractivity contribution is -0.0817. The first-order chi connectivity index (χ1) is 14.2. The van der Waals surface area contributed by atoms with Gasteiger partial charge in [-0.1, -0.05) is 12.1 Å². The van der Waals surface area contributed by atoms with Crippen LogP contribution in [0.3, 0.4) is 0 Å². The average molecular weight is 405 g/mol. The number of guanidine groups is 1. The van der Waals surface area contributed by atoms with Crippen molar-refractivity contribution in [1.82, 2.24) is 15.1 Å². The predicted octanol–water partition coefficient (Wildman–Crippen LogP) is 1.97. The maximum absolute atomic E-state index is 5.98. The standard InChI is InChI=1S/C22H36N4O3/c1-4-23-22(26-11-14-29-21(17-26)20-9-6-12-28-20)24-16-18-7-5-8-19(15-18)27-13-10-25(2)3/h5,7-8,15,20-21H,4,6,9-14,16-17H2,1-3H3,(H,23,24). The fourth-order valence-electron chi connectivity index (χ4n) is 3.66. The molecule has 0 aliphatic carbocycles. The number of benzene rings is 1. The van der Waals surface area contributed by atoms with Gasteiger partial charge in [0.15, 0.2) is 5.96 Å². The smallest absolute Gasteiger partial charge is 0.194 e. The topological polar surface area (TPSA) is 58.6 Å². The van der Waals surface area contributed by atoms with Crippen molar-refractivity contribution in [3.05, 3.63) is 29.8 Å². The largest absolute Gasteiger partial charge is 0.492 e. The van der Waals surface area contributed by atoms with E-state index in [1.807, 2.05) is 26.2 Å². The number of morpholine rings is 1. The molecular formula is C22H36N4O3. The van der Waals surface area contributed by atoms with Crippen molar-refractivity contribution in [1.29, 1.82) is 0 Å². The van der Waals surface area contributed by atoms with Crippen molar-refractivity contribution in [2.45, 2.75) is 38.5 Å². The Hall–Kier alpha value is -1.83. The number of hydrogen-bond donors (Lipinski definition) is 1. The summed E-state index contributed by atoms with van der Waals surface area (Å²) in [6.45, 7) is 8.38. The monoisotopic (exact) mass is 404 g/mol. The summed E-state index contributed by atoms with van der Waals surface area (Å²) in [6, 6.07) is 8.21. The third kappa shape index (κ3) is 6.87. The van der Waals surface area contributed by atoms with Crippen LogP contribution in [0.5, 0.6) is 5.75 Å². The minimum atomic E-state index is 0.128. The quantitative estimate of drug-likeness (QED) is 0.528. The number of nitrogens with one attached hydrogen (secondary N) is 1. The van der Waals surface area contributed by atoms with Crippen LogP contribution in [0.15, 0.2) is 29.3 Å². The summed E-state index contributed by atoms with van der Waals surface area (Å²) < 4.78 is 17.7. The molecule has 29 heavy (non-hydrogen) atoms. The molecule has 1 aromatic rings. The van der Waals surface area contributed by atoms with Crippen molar-refractivity contribution in [2.24, 2.45) is 4.99 Å². The van der Waals surface area contributed by atoms with Gasteiger partial charge in [-0.05, 0) is 51.6 Å². The molecule has 2 saturated heterocycles. The van der Waals surface area contributed by atoms with Crippen LogP contribution in [0, 0.1) is 0 Å². The zero-order chi connectivity index (χ0) is 20.5. The van der Waals surface area contributed by atoms with Gasteiger partial charge in [-0.2, -0.15) is 0 Å². The Balaban J connectivity index is 1.59.